The number of hydrogen-bond donors (Lipinski definition) is 0. The molecule has 3 atom stereocenters. The first-order valence-electron chi connectivity index (χ1n) is 17.7. The van der Waals surface area contributed by atoms with E-state index >= 15 is 0 Å². The Hall–Kier alpha value is -5.62. The third-order valence-electron chi connectivity index (χ3n) is 10.7. The zero-order chi connectivity index (χ0) is 36.5. The molecule has 52 heavy (non-hydrogen) atoms. The fourth-order valence-corrected chi connectivity index (χ4v) is 7.83. The number of nitro groups is 1. The highest BCUT2D eigenvalue weighted by atomic mass is 16.6. The summed E-state index contributed by atoms with van der Waals surface area (Å²) in [6.45, 7) is 10.8. The molecule has 3 aliphatic rings. The van der Waals surface area contributed by atoms with Crippen molar-refractivity contribution in [2.75, 3.05) is 44.2 Å². The van der Waals surface area contributed by atoms with Crippen LogP contribution in [0.15, 0.2) is 96.5 Å². The van der Waals surface area contributed by atoms with Gasteiger partial charge in [-0.3, -0.25) is 24.8 Å². The minimum Gasteiger partial charge on any atom is -0.488 e. The van der Waals surface area contributed by atoms with Crippen LogP contribution in [0.4, 0.5) is 11.4 Å². The number of nitrogens with zero attached hydrogens (tertiary/aromatic N) is 5. The Bertz CT molecular complexity index is 2040. The number of carbonyl (C=O) groups is 3. The van der Waals surface area contributed by atoms with Crippen molar-refractivity contribution in [3.63, 3.8) is 0 Å². The number of piperazine rings is 1. The van der Waals surface area contributed by atoms with E-state index in [1.165, 1.54) is 40.4 Å². The Morgan fingerprint density at radius 3 is 2.31 bits per heavy atom. The largest absolute Gasteiger partial charge is 0.488 e. The van der Waals surface area contributed by atoms with E-state index in [1.54, 1.807) is 0 Å². The molecule has 0 unspecified atom stereocenters. The first-order valence-corrected chi connectivity index (χ1v) is 17.7. The smallest absolute Gasteiger partial charge is 0.363 e. The van der Waals surface area contributed by atoms with Gasteiger partial charge in [0.25, 0.3) is 5.69 Å². The number of aromatic nitrogens is 1. The number of rotatable bonds is 11. The molecule has 0 N–H and O–H groups in total. The van der Waals surface area contributed by atoms with E-state index in [-0.39, 0.29) is 53.3 Å². The molecule has 1 aromatic heterocycles. The van der Waals surface area contributed by atoms with E-state index in [2.05, 4.69) is 39.0 Å². The molecule has 0 bridgehead atoms. The maximum atomic E-state index is 13.7. The van der Waals surface area contributed by atoms with Gasteiger partial charge in [-0.25, -0.2) is 9.59 Å². The van der Waals surface area contributed by atoms with Gasteiger partial charge in [0, 0.05) is 79.8 Å². The van der Waals surface area contributed by atoms with Crippen LogP contribution in [0.2, 0.25) is 0 Å². The first kappa shape index (κ1) is 34.8. The Balaban J connectivity index is 1.07. The monoisotopic (exact) mass is 703 g/mol. The van der Waals surface area contributed by atoms with Crippen molar-refractivity contribution in [1.82, 2.24) is 14.8 Å². The van der Waals surface area contributed by atoms with Crippen LogP contribution >= 0.6 is 0 Å². The third kappa shape index (κ3) is 6.61. The van der Waals surface area contributed by atoms with Crippen molar-refractivity contribution in [1.29, 1.82) is 0 Å². The highest BCUT2D eigenvalue weighted by Crippen LogP contribution is 2.49. The van der Waals surface area contributed by atoms with Crippen molar-refractivity contribution in [2.45, 2.75) is 33.2 Å². The highest BCUT2D eigenvalue weighted by molar-refractivity contribution is 6.06. The number of pyridine rings is 1. The molecule has 3 aliphatic heterocycles. The molecule has 0 saturated carbocycles. The number of amides is 1. The lowest BCUT2D eigenvalue weighted by Gasteiger charge is -2.47. The summed E-state index contributed by atoms with van der Waals surface area (Å²) in [7, 11) is 0. The molecule has 0 spiro atoms. The number of benzene rings is 3. The Labute approximate surface area is 301 Å². The molecule has 1 amide bonds. The van der Waals surface area contributed by atoms with Gasteiger partial charge in [0.2, 0.25) is 5.91 Å². The van der Waals surface area contributed by atoms with E-state index in [0.717, 1.165) is 49.9 Å². The minimum atomic E-state index is -0.964. The molecule has 12 nitrogen and oxygen atoms in total. The number of ether oxygens (including phenoxy) is 2. The second-order valence-electron chi connectivity index (χ2n) is 14.0. The van der Waals surface area contributed by atoms with E-state index in [9.17, 15) is 24.5 Å². The average Bonchev–Trinajstić information content (AvgIpc) is 3.40. The predicted octanol–water partition coefficient (Wildman–Crippen LogP) is 5.66. The van der Waals surface area contributed by atoms with Crippen molar-refractivity contribution in [3.8, 4) is 5.75 Å². The number of carbonyl (C=O) groups excluding carboxylic acids is 3. The van der Waals surface area contributed by atoms with Gasteiger partial charge in [0.05, 0.1) is 22.4 Å². The second-order valence-corrected chi connectivity index (χ2v) is 14.0. The van der Waals surface area contributed by atoms with Crippen LogP contribution in [0.3, 0.4) is 0 Å². The minimum absolute atomic E-state index is 0.0197. The number of fused-ring (bicyclic) bond motifs is 2. The van der Waals surface area contributed by atoms with Crippen molar-refractivity contribution in [3.05, 3.63) is 118 Å². The summed E-state index contributed by atoms with van der Waals surface area (Å²) in [6, 6.07) is 20.8. The van der Waals surface area contributed by atoms with Gasteiger partial charge in [0.1, 0.15) is 18.1 Å². The SMILES string of the molecule is CC(C)[C@H]1C(=O)N2C(C(=O)OC(=O)c3ccc([N+](=O)[O-])cc3)=C(COc3cccc4c(CCN5CCN(c6ccncc6)CC5)cccc34)[C@H](C)[C@H]12. The summed E-state index contributed by atoms with van der Waals surface area (Å²) in [5, 5.41) is 13.1. The van der Waals surface area contributed by atoms with Gasteiger partial charge in [0.15, 0.2) is 0 Å². The first-order chi connectivity index (χ1) is 25.1. The summed E-state index contributed by atoms with van der Waals surface area (Å²) in [4.78, 5) is 60.9. The molecule has 4 heterocycles. The second kappa shape index (κ2) is 14.5. The molecule has 12 heteroatoms. The van der Waals surface area contributed by atoms with Gasteiger partial charge in [-0.1, -0.05) is 51.1 Å². The Morgan fingerprint density at radius 2 is 1.62 bits per heavy atom. The highest BCUT2D eigenvalue weighted by Gasteiger charge is 2.59. The molecule has 0 radical (unpaired) electrons. The summed E-state index contributed by atoms with van der Waals surface area (Å²) in [6.07, 6.45) is 4.54. The summed E-state index contributed by atoms with van der Waals surface area (Å²) in [5.41, 5.74) is 2.82. The molecular weight excluding hydrogens is 662 g/mol. The lowest BCUT2D eigenvalue weighted by atomic mass is 9.74. The quantitative estimate of drug-likeness (QED) is 0.0634. The Kier molecular flexibility index (Phi) is 9.74. The summed E-state index contributed by atoms with van der Waals surface area (Å²) < 4.78 is 11.7. The van der Waals surface area contributed by atoms with Crippen LogP contribution in [-0.4, -0.2) is 82.9 Å². The number of β-lactam (4-membered cyclic amide) rings is 1. The van der Waals surface area contributed by atoms with E-state index in [1.807, 2.05) is 57.4 Å². The molecule has 268 valence electrons. The van der Waals surface area contributed by atoms with Crippen LogP contribution in [0, 0.1) is 27.9 Å². The van der Waals surface area contributed by atoms with Crippen LogP contribution in [0.5, 0.6) is 5.75 Å². The molecular formula is C40H41N5O7. The van der Waals surface area contributed by atoms with Gasteiger partial charge in [-0.2, -0.15) is 0 Å². The molecule has 2 saturated heterocycles. The standard InChI is InChI=1S/C40H41N5O7/c1-25(2)35-36-26(3)33(37(44(36)38(35)46)40(48)52-39(47)28-10-12-30(13-11-28)45(49)50)24-51-34-9-5-7-31-27(6-4-8-32(31)34)16-19-42-20-22-43(23-21-42)29-14-17-41-18-15-29/h4-15,17-18,25-26,35-36H,16,19-24H2,1-3H3/t26-,35+,36+/m0/s1. The van der Waals surface area contributed by atoms with Gasteiger partial charge >= 0.3 is 11.9 Å². The van der Waals surface area contributed by atoms with E-state index in [0.29, 0.717) is 11.3 Å². The van der Waals surface area contributed by atoms with Crippen molar-refractivity contribution < 1.29 is 28.8 Å². The normalized spacial score (nSPS) is 20.2. The lowest BCUT2D eigenvalue weighted by molar-refractivity contribution is -0.384. The maximum Gasteiger partial charge on any atom is 0.363 e. The van der Waals surface area contributed by atoms with Crippen LogP contribution in [-0.2, 0) is 20.7 Å². The number of non-ortho nitro benzene ring substituents is 1. The van der Waals surface area contributed by atoms with Gasteiger partial charge < -0.3 is 19.3 Å². The fourth-order valence-electron chi connectivity index (χ4n) is 7.83. The predicted molar refractivity (Wildman–Crippen MR) is 195 cm³/mol. The molecule has 4 aromatic rings. The molecule has 7 rings (SSSR count). The molecule has 0 aliphatic carbocycles. The average molecular weight is 704 g/mol. The van der Waals surface area contributed by atoms with E-state index in [4.69, 9.17) is 9.47 Å². The zero-order valence-corrected chi connectivity index (χ0v) is 29.4. The zero-order valence-electron chi connectivity index (χ0n) is 29.4. The van der Waals surface area contributed by atoms with Crippen molar-refractivity contribution in [2.24, 2.45) is 17.8 Å². The van der Waals surface area contributed by atoms with Crippen LogP contribution < -0.4 is 9.64 Å². The number of nitro benzene ring substituents is 1. The molecule has 2 fully saturated rings. The van der Waals surface area contributed by atoms with Gasteiger partial charge in [-0.15, -0.1) is 0 Å². The summed E-state index contributed by atoms with van der Waals surface area (Å²) >= 11 is 0. The van der Waals surface area contributed by atoms with Crippen LogP contribution in [0.25, 0.3) is 10.8 Å². The van der Waals surface area contributed by atoms with Crippen LogP contribution in [0.1, 0.15) is 36.7 Å². The van der Waals surface area contributed by atoms with Gasteiger partial charge in [-0.05, 0) is 53.6 Å². The number of anilines is 1. The van der Waals surface area contributed by atoms with Crippen molar-refractivity contribution >= 4 is 40.0 Å². The Morgan fingerprint density at radius 1 is 0.923 bits per heavy atom. The lowest BCUT2D eigenvalue weighted by Crippen LogP contribution is -2.62. The summed E-state index contributed by atoms with van der Waals surface area (Å²) in [5.74, 6) is -1.89. The topological polar surface area (TPSA) is 135 Å². The fraction of sp³-hybridized carbons (Fsp3) is 0.350. The number of esters is 2. The van der Waals surface area contributed by atoms with E-state index < -0.39 is 16.9 Å². The molecule has 3 aromatic carbocycles. The maximum absolute atomic E-state index is 13.7. The third-order valence-corrected chi connectivity index (χ3v) is 10.7. The number of hydrogen-bond acceptors (Lipinski definition) is 10.